The quantitative estimate of drug-likeness (QED) is 0.155. The number of alkyl halides is 6. The molecule has 0 saturated heterocycles. The maximum absolute atomic E-state index is 14.4. The molecule has 2 saturated carbocycles. The summed E-state index contributed by atoms with van der Waals surface area (Å²) < 4.78 is 97.3. The van der Waals surface area contributed by atoms with E-state index >= 15 is 0 Å². The average molecular weight is 818 g/mol. The summed E-state index contributed by atoms with van der Waals surface area (Å²) in [6.07, 6.45) is -8.46. The van der Waals surface area contributed by atoms with Gasteiger partial charge in [-0.1, -0.05) is 36.4 Å². The second kappa shape index (κ2) is 16.4. The molecular formula is C45H53F6NO6. The van der Waals surface area contributed by atoms with E-state index in [0.717, 1.165) is 21.5 Å². The first-order valence-corrected chi connectivity index (χ1v) is 19.9. The predicted octanol–water partition coefficient (Wildman–Crippen LogP) is 11.3. The number of nitrogens with zero attached hydrogens (tertiary/aromatic N) is 1. The highest BCUT2D eigenvalue weighted by atomic mass is 19.4. The molecule has 316 valence electrons. The van der Waals surface area contributed by atoms with Gasteiger partial charge in [0.25, 0.3) is 0 Å². The van der Waals surface area contributed by atoms with E-state index in [4.69, 9.17) is 14.2 Å². The maximum atomic E-state index is 14.4. The third-order valence-electron chi connectivity index (χ3n) is 11.9. The Kier molecular flexibility index (Phi) is 12.3. The van der Waals surface area contributed by atoms with Crippen LogP contribution in [0.5, 0.6) is 11.5 Å². The molecule has 0 radical (unpaired) electrons. The molecule has 13 heteroatoms. The zero-order chi connectivity index (χ0) is 42.3. The Labute approximate surface area is 335 Å². The minimum atomic E-state index is -4.20. The Morgan fingerprint density at radius 1 is 0.569 bits per heavy atom. The molecule has 2 N–H and O–H groups in total. The smallest absolute Gasteiger partial charge is 0.411 e. The summed E-state index contributed by atoms with van der Waals surface area (Å²) in [6, 6.07) is 21.7. The zero-order valence-corrected chi connectivity index (χ0v) is 33.6. The topological polar surface area (TPSA) is 88.5 Å². The van der Waals surface area contributed by atoms with Crippen molar-refractivity contribution in [3.05, 3.63) is 83.9 Å². The van der Waals surface area contributed by atoms with Crippen LogP contribution < -0.4 is 9.47 Å². The molecule has 0 heterocycles. The molecule has 6 rings (SSSR count). The number of fused-ring (bicyclic) bond motifs is 2. The number of carbonyl (C=O) groups is 1. The average Bonchev–Trinajstić information content (AvgIpc) is 3.16. The van der Waals surface area contributed by atoms with Gasteiger partial charge < -0.3 is 24.4 Å². The van der Waals surface area contributed by atoms with Crippen LogP contribution in [0.25, 0.3) is 21.5 Å². The zero-order valence-electron chi connectivity index (χ0n) is 33.6. The molecule has 2 aliphatic rings. The first kappa shape index (κ1) is 43.4. The summed E-state index contributed by atoms with van der Waals surface area (Å²) in [5, 5.41) is 25.5. The van der Waals surface area contributed by atoms with Crippen LogP contribution in [0.3, 0.4) is 0 Å². The van der Waals surface area contributed by atoms with Gasteiger partial charge in [-0.2, -0.15) is 26.3 Å². The first-order valence-electron chi connectivity index (χ1n) is 19.9. The lowest BCUT2D eigenvalue weighted by atomic mass is 9.81. The van der Waals surface area contributed by atoms with E-state index in [9.17, 15) is 41.4 Å². The largest absolute Gasteiger partial charge is 0.490 e. The highest BCUT2D eigenvalue weighted by Gasteiger charge is 2.50. The summed E-state index contributed by atoms with van der Waals surface area (Å²) >= 11 is 0. The van der Waals surface area contributed by atoms with Crippen LogP contribution in [0.2, 0.25) is 0 Å². The molecule has 1 amide bonds. The molecule has 2 fully saturated rings. The molecule has 7 nitrogen and oxygen atoms in total. The third-order valence-corrected chi connectivity index (χ3v) is 11.9. The normalized spacial score (nSPS) is 22.8. The van der Waals surface area contributed by atoms with Gasteiger partial charge in [0.2, 0.25) is 0 Å². The second-order valence-electron chi connectivity index (χ2n) is 17.4. The van der Waals surface area contributed by atoms with Crippen molar-refractivity contribution in [2.24, 2.45) is 11.8 Å². The monoisotopic (exact) mass is 817 g/mol. The highest BCUT2D eigenvalue weighted by Crippen LogP contribution is 2.44. The highest BCUT2D eigenvalue weighted by molar-refractivity contribution is 5.86. The van der Waals surface area contributed by atoms with Crippen molar-refractivity contribution in [3.8, 4) is 11.5 Å². The number of hydrogen-bond donors (Lipinski definition) is 2. The van der Waals surface area contributed by atoms with Gasteiger partial charge in [0.1, 0.15) is 17.1 Å². The second-order valence-corrected chi connectivity index (χ2v) is 17.4. The molecule has 58 heavy (non-hydrogen) atoms. The Morgan fingerprint density at radius 2 is 0.914 bits per heavy atom. The molecule has 0 bridgehead atoms. The van der Waals surface area contributed by atoms with E-state index in [-0.39, 0.29) is 37.9 Å². The number of hydrogen-bond acceptors (Lipinski definition) is 6. The number of rotatable bonds is 10. The van der Waals surface area contributed by atoms with Gasteiger partial charge in [0.05, 0.1) is 48.3 Å². The van der Waals surface area contributed by atoms with E-state index in [1.807, 2.05) is 48.5 Å². The van der Waals surface area contributed by atoms with Gasteiger partial charge in [0.15, 0.2) is 0 Å². The van der Waals surface area contributed by atoms with Crippen molar-refractivity contribution in [1.82, 2.24) is 4.90 Å². The van der Waals surface area contributed by atoms with Gasteiger partial charge in [-0.25, -0.2) is 4.79 Å². The SMILES string of the molecule is CC(C)(C)OC(=O)N([C@@](C)(CO)c1ccc2cc(OC3CCC(C(F)(F)F)CC3)ccc2c1)[C@@](C)(CO)c1ccc2cc(OC3CCC(C(F)(F)F)CC3)ccc2c1. The minimum Gasteiger partial charge on any atom is -0.490 e. The molecule has 0 aromatic heterocycles. The summed E-state index contributed by atoms with van der Waals surface area (Å²) in [5.74, 6) is -1.54. The van der Waals surface area contributed by atoms with Gasteiger partial charge in [-0.05, 0) is 155 Å². The van der Waals surface area contributed by atoms with Crippen LogP contribution in [-0.2, 0) is 15.8 Å². The molecule has 2 atom stereocenters. The van der Waals surface area contributed by atoms with Gasteiger partial charge in [-0.3, -0.25) is 4.90 Å². The van der Waals surface area contributed by atoms with Gasteiger partial charge in [-0.15, -0.1) is 0 Å². The lowest BCUT2D eigenvalue weighted by molar-refractivity contribution is -0.186. The van der Waals surface area contributed by atoms with Crippen LogP contribution in [0, 0.1) is 11.8 Å². The molecule has 2 aliphatic carbocycles. The van der Waals surface area contributed by atoms with E-state index in [1.165, 1.54) is 4.90 Å². The number of ether oxygens (including phenoxy) is 3. The van der Waals surface area contributed by atoms with Crippen molar-refractivity contribution in [2.45, 2.75) is 127 Å². The van der Waals surface area contributed by atoms with Crippen LogP contribution >= 0.6 is 0 Å². The summed E-state index contributed by atoms with van der Waals surface area (Å²) in [7, 11) is 0. The number of halogens is 6. The molecule has 4 aromatic rings. The van der Waals surface area contributed by atoms with E-state index in [2.05, 4.69) is 0 Å². The lowest BCUT2D eigenvalue weighted by Crippen LogP contribution is -2.61. The van der Waals surface area contributed by atoms with Crippen molar-refractivity contribution < 1.29 is 55.6 Å². The van der Waals surface area contributed by atoms with Crippen LogP contribution in [0.15, 0.2) is 72.8 Å². The number of carbonyl (C=O) groups excluding carboxylic acids is 1. The Hall–Kier alpha value is -4.23. The fourth-order valence-electron chi connectivity index (χ4n) is 8.50. The fourth-order valence-corrected chi connectivity index (χ4v) is 8.50. The van der Waals surface area contributed by atoms with Crippen molar-refractivity contribution in [3.63, 3.8) is 0 Å². The van der Waals surface area contributed by atoms with Crippen molar-refractivity contribution >= 4 is 27.6 Å². The molecule has 0 aliphatic heterocycles. The van der Waals surface area contributed by atoms with Gasteiger partial charge in [0, 0.05) is 0 Å². The van der Waals surface area contributed by atoms with Crippen LogP contribution in [0.1, 0.15) is 97.1 Å². The van der Waals surface area contributed by atoms with E-state index < -0.39 is 60.2 Å². The molecule has 0 spiro atoms. The Bertz CT molecular complexity index is 1930. The lowest BCUT2D eigenvalue weighted by Gasteiger charge is -2.50. The van der Waals surface area contributed by atoms with E-state index in [0.29, 0.717) is 48.3 Å². The van der Waals surface area contributed by atoms with Crippen molar-refractivity contribution in [2.75, 3.05) is 13.2 Å². The third kappa shape index (κ3) is 9.46. The molecule has 0 unspecified atom stereocenters. The summed E-state index contributed by atoms with van der Waals surface area (Å²) in [6.45, 7) is 7.49. The number of aliphatic hydroxyl groups is 2. The fraction of sp³-hybridized carbons (Fsp3) is 0.533. The number of benzene rings is 4. The van der Waals surface area contributed by atoms with Crippen LogP contribution in [-0.4, -0.2) is 64.6 Å². The standard InChI is InChI=1S/C45H53F6NO6/c1-41(2,3)58-40(55)52(42(4,26-53)34-10-6-30-24-38(16-8-28(30)22-34)56-36-18-12-32(13-19-36)44(46,47)48)43(5,27-54)35-11-7-31-25-39(17-9-29(31)23-35)57-37-20-14-33(15-21-37)45(49,50)51/h6-11,16-17,22-25,32-33,36-37,53-54H,12-15,18-21,26-27H2,1-5H3/t32?,33?,36?,37?,42-,43-/m0/s1. The minimum absolute atomic E-state index is 0.0286. The maximum Gasteiger partial charge on any atom is 0.411 e. The molecule has 4 aromatic carbocycles. The van der Waals surface area contributed by atoms with Crippen LogP contribution in [0.4, 0.5) is 31.1 Å². The predicted molar refractivity (Wildman–Crippen MR) is 210 cm³/mol. The summed E-state index contributed by atoms with van der Waals surface area (Å²) in [4.78, 5) is 15.8. The Balaban J connectivity index is 1.28. The van der Waals surface area contributed by atoms with Crippen molar-refractivity contribution in [1.29, 1.82) is 0 Å². The van der Waals surface area contributed by atoms with Gasteiger partial charge >= 0.3 is 18.4 Å². The summed E-state index contributed by atoms with van der Waals surface area (Å²) in [5.41, 5.74) is -2.71. The van der Waals surface area contributed by atoms with E-state index in [1.54, 1.807) is 58.9 Å². The number of aliphatic hydroxyl groups excluding tert-OH is 2. The Morgan fingerprint density at radius 3 is 1.24 bits per heavy atom. The molecular weight excluding hydrogens is 764 g/mol. The number of amides is 1. The first-order chi connectivity index (χ1) is 27.1.